The van der Waals surface area contributed by atoms with Crippen molar-refractivity contribution in [3.8, 4) is 5.75 Å². The van der Waals surface area contributed by atoms with Gasteiger partial charge < -0.3 is 4.74 Å². The molecule has 0 radical (unpaired) electrons. The van der Waals surface area contributed by atoms with Gasteiger partial charge in [0, 0.05) is 16.6 Å². The summed E-state index contributed by atoms with van der Waals surface area (Å²) < 4.78 is 4.79. The second kappa shape index (κ2) is 2.87. The van der Waals surface area contributed by atoms with E-state index in [1.165, 1.54) is 0 Å². The highest BCUT2D eigenvalue weighted by molar-refractivity contribution is 9.10. The van der Waals surface area contributed by atoms with E-state index in [-0.39, 0.29) is 0 Å². The molecule has 0 bridgehead atoms. The summed E-state index contributed by atoms with van der Waals surface area (Å²) in [5.41, 5.74) is 0. The third kappa shape index (κ3) is 1.72. The molecule has 0 saturated heterocycles. The van der Waals surface area contributed by atoms with Crippen molar-refractivity contribution in [1.82, 2.24) is 0 Å². The number of halogens is 1. The molecule has 0 fully saturated rings. The van der Waals surface area contributed by atoms with Crippen molar-refractivity contribution in [3.63, 3.8) is 0 Å². The summed E-state index contributed by atoms with van der Waals surface area (Å²) in [4.78, 5) is 0. The number of ether oxygens (including phenoxy) is 1. The van der Waals surface area contributed by atoms with E-state index in [9.17, 15) is 0 Å². The number of rotatable bonds is 1. The lowest BCUT2D eigenvalue weighted by molar-refractivity contribution is 0.186. The van der Waals surface area contributed by atoms with Gasteiger partial charge in [-0.15, -0.1) is 0 Å². The zero-order valence-corrected chi connectivity index (χ0v) is 6.43. The Labute approximate surface area is 62.8 Å². The predicted octanol–water partition coefficient (Wildman–Crippen LogP) is 2.48. The molecule has 0 atom stereocenters. The van der Waals surface area contributed by atoms with E-state index in [0.29, 0.717) is 0 Å². The summed E-state index contributed by atoms with van der Waals surface area (Å²) in [5.74, 6) is 0.893. The van der Waals surface area contributed by atoms with Gasteiger partial charge in [-0.05, 0) is 13.2 Å². The fourth-order valence-corrected chi connectivity index (χ4v) is 0.962. The average molecular weight is 187 g/mol. The number of benzene rings is 1. The average Bonchev–Trinajstić information content (AvgIpc) is 1.88. The Morgan fingerprint density at radius 1 is 1.44 bits per heavy atom. The number of hydrogen-bond acceptors (Lipinski definition) is 0. The van der Waals surface area contributed by atoms with Crippen molar-refractivity contribution >= 4 is 15.9 Å². The Morgan fingerprint density at radius 3 is 2.67 bits per heavy atom. The maximum absolute atomic E-state index is 3.75. The standard InChI is InChI=1S/C7H7BrO/c1-9-7-4-2-3-6(8)5-7/h2-5,9H,1H2. The summed E-state index contributed by atoms with van der Waals surface area (Å²) in [7, 11) is 3.40. The zero-order chi connectivity index (χ0) is 6.69. The van der Waals surface area contributed by atoms with Gasteiger partial charge in [-0.1, -0.05) is 22.0 Å². The molecule has 0 heterocycles. The van der Waals surface area contributed by atoms with E-state index >= 15 is 0 Å². The molecule has 48 valence electrons. The van der Waals surface area contributed by atoms with E-state index in [1.54, 1.807) is 0 Å². The highest BCUT2D eigenvalue weighted by atomic mass is 79.9. The van der Waals surface area contributed by atoms with Crippen LogP contribution >= 0.6 is 15.9 Å². The minimum Gasteiger partial charge on any atom is -0.722 e. The van der Waals surface area contributed by atoms with Crippen LogP contribution in [0.25, 0.3) is 0 Å². The molecule has 0 spiro atoms. The molecule has 1 N–H and O–H groups in total. The van der Waals surface area contributed by atoms with Gasteiger partial charge in [0.25, 0.3) is 0 Å². The Balaban J connectivity index is 2.94. The predicted molar refractivity (Wildman–Crippen MR) is 41.2 cm³/mol. The van der Waals surface area contributed by atoms with Crippen LogP contribution < -0.4 is 0 Å². The van der Waals surface area contributed by atoms with Crippen molar-refractivity contribution in [2.24, 2.45) is 0 Å². The molecular weight excluding hydrogens is 180 g/mol. The van der Waals surface area contributed by atoms with Crippen molar-refractivity contribution in [2.45, 2.75) is 0 Å². The van der Waals surface area contributed by atoms with Crippen LogP contribution in [-0.2, 0) is 0 Å². The maximum Gasteiger partial charge on any atom is 0.227 e. The fourth-order valence-electron chi connectivity index (χ4n) is 0.574. The van der Waals surface area contributed by atoms with Crippen LogP contribution in [0, 0.1) is 7.11 Å². The lowest BCUT2D eigenvalue weighted by atomic mass is 10.3. The second-order valence-corrected chi connectivity index (χ2v) is 2.55. The van der Waals surface area contributed by atoms with Gasteiger partial charge >= 0.3 is 0 Å². The molecule has 0 aromatic heterocycles. The smallest absolute Gasteiger partial charge is 0.227 e. The van der Waals surface area contributed by atoms with E-state index in [4.69, 9.17) is 0 Å². The first-order valence-electron chi connectivity index (χ1n) is 2.55. The van der Waals surface area contributed by atoms with E-state index in [2.05, 4.69) is 27.8 Å². The summed E-state index contributed by atoms with van der Waals surface area (Å²) in [5, 5.41) is 0. The van der Waals surface area contributed by atoms with Crippen molar-refractivity contribution in [3.05, 3.63) is 35.8 Å². The van der Waals surface area contributed by atoms with Crippen molar-refractivity contribution in [1.29, 1.82) is 0 Å². The van der Waals surface area contributed by atoms with Gasteiger partial charge in [-0.2, -0.15) is 0 Å². The van der Waals surface area contributed by atoms with E-state index in [1.807, 2.05) is 24.3 Å². The third-order valence-corrected chi connectivity index (χ3v) is 1.48. The summed E-state index contributed by atoms with van der Waals surface area (Å²) >= 11 is 3.32. The molecule has 0 saturated carbocycles. The molecule has 1 rings (SSSR count). The molecule has 0 amide bonds. The Morgan fingerprint density at radius 2 is 2.22 bits per heavy atom. The molecule has 1 aromatic carbocycles. The first-order chi connectivity index (χ1) is 4.33. The normalized spacial score (nSPS) is 9.11. The Kier molecular flexibility index (Phi) is 2.11. The van der Waals surface area contributed by atoms with Crippen LogP contribution in [0.2, 0.25) is 0 Å². The van der Waals surface area contributed by atoms with Gasteiger partial charge in [0.2, 0.25) is 5.75 Å². The summed E-state index contributed by atoms with van der Waals surface area (Å²) in [6.07, 6.45) is 0. The summed E-state index contributed by atoms with van der Waals surface area (Å²) in [6, 6.07) is 7.69. The van der Waals surface area contributed by atoms with E-state index in [0.717, 1.165) is 10.2 Å². The van der Waals surface area contributed by atoms with Crippen LogP contribution in [0.15, 0.2) is 28.7 Å². The molecule has 2 heteroatoms. The van der Waals surface area contributed by atoms with Crippen LogP contribution in [0.1, 0.15) is 0 Å². The monoisotopic (exact) mass is 186 g/mol. The summed E-state index contributed by atoms with van der Waals surface area (Å²) in [6.45, 7) is 0. The lowest BCUT2D eigenvalue weighted by Gasteiger charge is -2.01. The molecule has 9 heavy (non-hydrogen) atoms. The largest absolute Gasteiger partial charge is 0.722 e. The van der Waals surface area contributed by atoms with Crippen LogP contribution in [-0.4, -0.2) is 4.74 Å². The Hall–Kier alpha value is -0.500. The third-order valence-electron chi connectivity index (χ3n) is 0.991. The van der Waals surface area contributed by atoms with Gasteiger partial charge in [-0.3, -0.25) is 0 Å². The van der Waals surface area contributed by atoms with Gasteiger partial charge in [-0.25, -0.2) is 0 Å². The van der Waals surface area contributed by atoms with Crippen LogP contribution in [0.3, 0.4) is 0 Å². The SMILES string of the molecule is [CH2-][OH+]c1cccc(Br)c1. The van der Waals surface area contributed by atoms with Gasteiger partial charge in [0.1, 0.15) is 0 Å². The second-order valence-electron chi connectivity index (χ2n) is 1.64. The molecule has 0 aliphatic rings. The Bertz CT molecular complexity index is 198. The molecule has 1 nitrogen and oxygen atoms in total. The highest BCUT2D eigenvalue weighted by Crippen LogP contribution is 2.17. The molecule has 0 unspecified atom stereocenters. The minimum atomic E-state index is 0.893. The zero-order valence-electron chi connectivity index (χ0n) is 4.84. The fraction of sp³-hybridized carbons (Fsp3) is 0. The number of hydrogen-bond donors (Lipinski definition) is 0. The minimum absolute atomic E-state index is 0.893. The van der Waals surface area contributed by atoms with Crippen molar-refractivity contribution < 1.29 is 4.74 Å². The number of aliphatic hydroxyl groups is 1. The van der Waals surface area contributed by atoms with Crippen LogP contribution in [0.5, 0.6) is 5.75 Å². The molecule has 0 aliphatic carbocycles. The topological polar surface area (TPSA) is 12.8 Å². The van der Waals surface area contributed by atoms with Gasteiger partial charge in [0.15, 0.2) is 0 Å². The first-order valence-corrected chi connectivity index (χ1v) is 3.34. The first kappa shape index (κ1) is 6.62. The highest BCUT2D eigenvalue weighted by Gasteiger charge is 1.90. The van der Waals surface area contributed by atoms with Gasteiger partial charge in [0.05, 0.1) is 0 Å². The lowest BCUT2D eigenvalue weighted by Crippen LogP contribution is -1.72. The van der Waals surface area contributed by atoms with Crippen molar-refractivity contribution in [2.75, 3.05) is 0 Å². The quantitative estimate of drug-likeness (QED) is 0.473. The molecular formula is C7H7BrO. The molecule has 0 aliphatic heterocycles. The van der Waals surface area contributed by atoms with Crippen LogP contribution in [0.4, 0.5) is 0 Å². The molecule has 1 aromatic rings. The maximum atomic E-state index is 3.75. The number of aromatic hydroxyl groups is 1. The van der Waals surface area contributed by atoms with E-state index < -0.39 is 0 Å².